The van der Waals surface area contributed by atoms with Crippen LogP contribution in [0, 0.1) is 5.92 Å². The van der Waals surface area contributed by atoms with E-state index in [9.17, 15) is 9.59 Å². The molecule has 94 valence electrons. The number of para-hydroxylation sites is 1. The molecule has 1 fully saturated rings. The lowest BCUT2D eigenvalue weighted by atomic mass is 10.2. The molecule has 2 N–H and O–H groups in total. The molecule has 3 rings (SSSR count). The maximum Gasteiger partial charge on any atom is 0.337 e. The minimum Gasteiger partial charge on any atom is -0.478 e. The van der Waals surface area contributed by atoms with Crippen LogP contribution in [-0.4, -0.2) is 20.6 Å². The number of aromatic carboxylic acids is 1. The van der Waals surface area contributed by atoms with Crippen LogP contribution in [0.5, 0.6) is 0 Å². The molecule has 5 nitrogen and oxygen atoms in total. The Balaban J connectivity index is 2.22. The molecular formula is C13H14N2O3. The van der Waals surface area contributed by atoms with Gasteiger partial charge in [-0.15, -0.1) is 0 Å². The molecule has 1 saturated carbocycles. The summed E-state index contributed by atoms with van der Waals surface area (Å²) in [5.41, 5.74) is 1.06. The lowest BCUT2D eigenvalue weighted by molar-refractivity contribution is 0.0699. The molecule has 2 aromatic rings. The van der Waals surface area contributed by atoms with Gasteiger partial charge in [0.1, 0.15) is 0 Å². The Morgan fingerprint density at radius 1 is 1.56 bits per heavy atom. The van der Waals surface area contributed by atoms with E-state index in [4.69, 9.17) is 5.11 Å². The molecule has 1 aromatic heterocycles. The number of hydrogen-bond acceptors (Lipinski definition) is 2. The van der Waals surface area contributed by atoms with Crippen molar-refractivity contribution in [2.75, 3.05) is 0 Å². The number of benzene rings is 1. The first-order valence-corrected chi connectivity index (χ1v) is 6.10. The molecule has 18 heavy (non-hydrogen) atoms. The first-order valence-electron chi connectivity index (χ1n) is 6.10. The standard InChI is InChI=1S/C13H14N2O3/c1-2-7-6-10(7)15-9-5-3-4-8(12(16)17)11(9)14-13(15)18/h3-5,7,10H,2,6H2,1H3,(H,14,18)(H,16,17). The van der Waals surface area contributed by atoms with E-state index in [1.165, 1.54) is 6.07 Å². The van der Waals surface area contributed by atoms with Crippen LogP contribution >= 0.6 is 0 Å². The fraction of sp³-hybridized carbons (Fsp3) is 0.385. The summed E-state index contributed by atoms with van der Waals surface area (Å²) in [6, 6.07) is 5.21. The Morgan fingerprint density at radius 2 is 2.33 bits per heavy atom. The monoisotopic (exact) mass is 246 g/mol. The van der Waals surface area contributed by atoms with Crippen LogP contribution in [0.1, 0.15) is 36.2 Å². The van der Waals surface area contributed by atoms with E-state index in [0.717, 1.165) is 12.8 Å². The number of hydrogen-bond donors (Lipinski definition) is 2. The molecule has 2 atom stereocenters. The summed E-state index contributed by atoms with van der Waals surface area (Å²) >= 11 is 0. The molecule has 1 aromatic carbocycles. The average Bonchev–Trinajstić information content (AvgIpc) is 3.03. The van der Waals surface area contributed by atoms with Gasteiger partial charge in [0.05, 0.1) is 16.6 Å². The first kappa shape index (κ1) is 11.1. The molecule has 0 saturated heterocycles. The van der Waals surface area contributed by atoms with Gasteiger partial charge in [-0.2, -0.15) is 0 Å². The molecule has 5 heteroatoms. The van der Waals surface area contributed by atoms with Gasteiger partial charge >= 0.3 is 11.7 Å². The number of fused-ring (bicyclic) bond motifs is 1. The third kappa shape index (κ3) is 1.47. The van der Waals surface area contributed by atoms with E-state index in [0.29, 0.717) is 17.0 Å². The van der Waals surface area contributed by atoms with Gasteiger partial charge < -0.3 is 10.1 Å². The van der Waals surface area contributed by atoms with Crippen LogP contribution in [0.3, 0.4) is 0 Å². The Morgan fingerprint density at radius 3 is 2.94 bits per heavy atom. The predicted molar refractivity (Wildman–Crippen MR) is 67.0 cm³/mol. The Labute approximate surface area is 103 Å². The van der Waals surface area contributed by atoms with Crippen molar-refractivity contribution >= 4 is 17.0 Å². The van der Waals surface area contributed by atoms with Gasteiger partial charge in [0, 0.05) is 6.04 Å². The fourth-order valence-corrected chi connectivity index (χ4v) is 2.64. The minimum atomic E-state index is -1.02. The highest BCUT2D eigenvalue weighted by molar-refractivity contribution is 6.00. The van der Waals surface area contributed by atoms with Crippen molar-refractivity contribution in [1.82, 2.24) is 9.55 Å². The summed E-state index contributed by atoms with van der Waals surface area (Å²) < 4.78 is 1.70. The first-order chi connectivity index (χ1) is 8.63. The van der Waals surface area contributed by atoms with Crippen LogP contribution in [0.25, 0.3) is 11.0 Å². The largest absolute Gasteiger partial charge is 0.478 e. The van der Waals surface area contributed by atoms with Gasteiger partial charge in [-0.05, 0) is 24.5 Å². The molecule has 1 aliphatic carbocycles. The van der Waals surface area contributed by atoms with Crippen molar-refractivity contribution in [3.63, 3.8) is 0 Å². The molecule has 0 radical (unpaired) electrons. The topological polar surface area (TPSA) is 75.1 Å². The number of aromatic nitrogens is 2. The highest BCUT2D eigenvalue weighted by Crippen LogP contribution is 2.45. The molecule has 0 spiro atoms. The zero-order valence-corrected chi connectivity index (χ0v) is 10.0. The second kappa shape index (κ2) is 3.73. The third-order valence-electron chi connectivity index (χ3n) is 3.72. The van der Waals surface area contributed by atoms with Crippen LogP contribution < -0.4 is 5.69 Å². The van der Waals surface area contributed by atoms with Gasteiger partial charge in [-0.3, -0.25) is 4.57 Å². The molecule has 2 unspecified atom stereocenters. The van der Waals surface area contributed by atoms with E-state index in [1.807, 2.05) is 0 Å². The zero-order valence-electron chi connectivity index (χ0n) is 10.0. The maximum absolute atomic E-state index is 12.0. The Bertz CT molecular complexity index is 683. The van der Waals surface area contributed by atoms with Crippen LogP contribution in [-0.2, 0) is 0 Å². The summed E-state index contributed by atoms with van der Waals surface area (Å²) in [6.07, 6.45) is 2.04. The number of H-pyrrole nitrogens is 1. The summed E-state index contributed by atoms with van der Waals surface area (Å²) in [4.78, 5) is 25.8. The van der Waals surface area contributed by atoms with Crippen molar-refractivity contribution in [3.8, 4) is 0 Å². The number of carboxylic acid groups (broad SMARTS) is 1. The molecule has 1 heterocycles. The molecule has 0 bridgehead atoms. The van der Waals surface area contributed by atoms with Crippen LogP contribution in [0.15, 0.2) is 23.0 Å². The normalized spacial score (nSPS) is 22.3. The molecule has 0 aliphatic heterocycles. The van der Waals surface area contributed by atoms with Crippen LogP contribution in [0.4, 0.5) is 0 Å². The van der Waals surface area contributed by atoms with Crippen LogP contribution in [0.2, 0.25) is 0 Å². The van der Waals surface area contributed by atoms with E-state index in [2.05, 4.69) is 11.9 Å². The number of aromatic amines is 1. The number of carbonyl (C=O) groups is 1. The fourth-order valence-electron chi connectivity index (χ4n) is 2.64. The van der Waals surface area contributed by atoms with Crippen molar-refractivity contribution in [2.24, 2.45) is 5.92 Å². The highest BCUT2D eigenvalue weighted by Gasteiger charge is 2.39. The number of imidazole rings is 1. The number of nitrogens with zero attached hydrogens (tertiary/aromatic N) is 1. The SMILES string of the molecule is CCC1CC1n1c(=O)[nH]c2c(C(=O)O)cccc21. The summed E-state index contributed by atoms with van der Waals surface area (Å²) in [7, 11) is 0. The van der Waals surface area contributed by atoms with E-state index < -0.39 is 5.97 Å². The lowest BCUT2D eigenvalue weighted by Crippen LogP contribution is -2.16. The van der Waals surface area contributed by atoms with Gasteiger partial charge in [-0.25, -0.2) is 9.59 Å². The van der Waals surface area contributed by atoms with E-state index in [1.54, 1.807) is 16.7 Å². The van der Waals surface area contributed by atoms with Gasteiger partial charge in [0.2, 0.25) is 0 Å². The second-order valence-corrected chi connectivity index (χ2v) is 4.78. The second-order valence-electron chi connectivity index (χ2n) is 4.78. The summed E-state index contributed by atoms with van der Waals surface area (Å²) in [6.45, 7) is 2.10. The quantitative estimate of drug-likeness (QED) is 0.869. The smallest absolute Gasteiger partial charge is 0.337 e. The number of nitrogens with one attached hydrogen (secondary N) is 1. The Kier molecular flexibility index (Phi) is 2.29. The van der Waals surface area contributed by atoms with Crippen molar-refractivity contribution < 1.29 is 9.90 Å². The van der Waals surface area contributed by atoms with Gasteiger partial charge in [0.25, 0.3) is 0 Å². The van der Waals surface area contributed by atoms with Crippen molar-refractivity contribution in [2.45, 2.75) is 25.8 Å². The molecule has 0 amide bonds. The lowest BCUT2D eigenvalue weighted by Gasteiger charge is -2.02. The number of carboxylic acids is 1. The van der Waals surface area contributed by atoms with Crippen molar-refractivity contribution in [3.05, 3.63) is 34.2 Å². The zero-order chi connectivity index (χ0) is 12.9. The number of rotatable bonds is 3. The van der Waals surface area contributed by atoms with Gasteiger partial charge in [-0.1, -0.05) is 19.4 Å². The van der Waals surface area contributed by atoms with E-state index >= 15 is 0 Å². The summed E-state index contributed by atoms with van der Waals surface area (Å²) in [5.74, 6) is -0.480. The summed E-state index contributed by atoms with van der Waals surface area (Å²) in [5, 5.41) is 9.10. The Hall–Kier alpha value is -2.04. The minimum absolute atomic E-state index is 0.150. The van der Waals surface area contributed by atoms with Crippen molar-refractivity contribution in [1.29, 1.82) is 0 Å². The van der Waals surface area contributed by atoms with Gasteiger partial charge in [0.15, 0.2) is 0 Å². The van der Waals surface area contributed by atoms with E-state index in [-0.39, 0.29) is 17.3 Å². The highest BCUT2D eigenvalue weighted by atomic mass is 16.4. The average molecular weight is 246 g/mol. The molecule has 1 aliphatic rings. The predicted octanol–water partition coefficient (Wildman–Crippen LogP) is 2.00. The third-order valence-corrected chi connectivity index (χ3v) is 3.72. The maximum atomic E-state index is 12.0. The molecular weight excluding hydrogens is 232 g/mol.